The zero-order chi connectivity index (χ0) is 14.7. The molecule has 1 atom stereocenters. The average Bonchev–Trinajstić information content (AvgIpc) is 2.69. The first kappa shape index (κ1) is 14.8. The number of amides is 1. The summed E-state index contributed by atoms with van der Waals surface area (Å²) in [6.07, 6.45) is 1.11. The van der Waals surface area contributed by atoms with Crippen LogP contribution in [-0.4, -0.2) is 44.5 Å². The van der Waals surface area contributed by atoms with Gasteiger partial charge in [-0.2, -0.15) is 0 Å². The molecule has 2 rings (SSSR count). The number of anilines is 2. The van der Waals surface area contributed by atoms with Gasteiger partial charge in [-0.25, -0.2) is 0 Å². The molecule has 0 spiro atoms. The van der Waals surface area contributed by atoms with Gasteiger partial charge in [0.05, 0.1) is 0 Å². The fraction of sp³-hybridized carbons (Fsp3) is 0.533. The van der Waals surface area contributed by atoms with E-state index >= 15 is 0 Å². The summed E-state index contributed by atoms with van der Waals surface area (Å²) in [5.74, 6) is -0.118. The molecular formula is C15H24N4O. The summed E-state index contributed by atoms with van der Waals surface area (Å²) in [5.41, 5.74) is 8.71. The van der Waals surface area contributed by atoms with Gasteiger partial charge in [0.2, 0.25) is 5.91 Å². The third-order valence-electron chi connectivity index (χ3n) is 3.69. The summed E-state index contributed by atoms with van der Waals surface area (Å²) < 4.78 is 0. The van der Waals surface area contributed by atoms with E-state index in [2.05, 4.69) is 42.2 Å². The summed E-state index contributed by atoms with van der Waals surface area (Å²) >= 11 is 0. The number of nitrogens with zero attached hydrogens (tertiary/aromatic N) is 2. The van der Waals surface area contributed by atoms with E-state index in [0.717, 1.165) is 43.0 Å². The lowest BCUT2D eigenvalue weighted by Gasteiger charge is -2.24. The lowest BCUT2D eigenvalue weighted by atomic mass is 10.1. The van der Waals surface area contributed by atoms with Gasteiger partial charge in [-0.05, 0) is 46.1 Å². The molecule has 3 N–H and O–H groups in total. The second-order valence-corrected chi connectivity index (χ2v) is 5.47. The van der Waals surface area contributed by atoms with Crippen molar-refractivity contribution in [2.75, 3.05) is 43.9 Å². The predicted octanol–water partition coefficient (Wildman–Crippen LogP) is 1.42. The number of carbonyl (C=O) groups excluding carboxylic acids is 1. The van der Waals surface area contributed by atoms with Crippen molar-refractivity contribution in [2.24, 2.45) is 5.73 Å². The molecule has 0 aliphatic carbocycles. The molecule has 1 aromatic carbocycles. The molecule has 0 bridgehead atoms. The maximum atomic E-state index is 11.6. The molecule has 110 valence electrons. The topological polar surface area (TPSA) is 61.6 Å². The fourth-order valence-corrected chi connectivity index (χ4v) is 2.52. The highest BCUT2D eigenvalue weighted by Gasteiger charge is 2.27. The first-order chi connectivity index (χ1) is 9.52. The third-order valence-corrected chi connectivity index (χ3v) is 3.69. The van der Waals surface area contributed by atoms with Crippen molar-refractivity contribution in [1.29, 1.82) is 0 Å². The Bertz CT molecular complexity index is 487. The first-order valence-electron chi connectivity index (χ1n) is 7.13. The minimum absolute atomic E-state index is 0.118. The van der Waals surface area contributed by atoms with Gasteiger partial charge in [0, 0.05) is 30.0 Å². The summed E-state index contributed by atoms with van der Waals surface area (Å²) in [6.45, 7) is 5.18. The second kappa shape index (κ2) is 6.24. The van der Waals surface area contributed by atoms with E-state index in [1.54, 1.807) is 0 Å². The molecule has 1 heterocycles. The Hall–Kier alpha value is -1.59. The van der Waals surface area contributed by atoms with Gasteiger partial charge in [-0.1, -0.05) is 6.07 Å². The lowest BCUT2D eigenvalue weighted by Crippen LogP contribution is -2.27. The Labute approximate surface area is 120 Å². The van der Waals surface area contributed by atoms with Crippen LogP contribution in [0.4, 0.5) is 11.4 Å². The standard InChI is InChI=1S/C15H24N4O/c1-4-19(9-5-8-18(2)3)11-6-7-12-13(10-11)17-15(20)14(12)16/h6-7,10,14H,4-5,8-9,16H2,1-3H3,(H,17,20). The second-order valence-electron chi connectivity index (χ2n) is 5.47. The van der Waals surface area contributed by atoms with Crippen molar-refractivity contribution in [3.63, 3.8) is 0 Å². The van der Waals surface area contributed by atoms with E-state index in [-0.39, 0.29) is 5.91 Å². The zero-order valence-corrected chi connectivity index (χ0v) is 12.5. The van der Waals surface area contributed by atoms with Gasteiger partial charge in [-0.3, -0.25) is 4.79 Å². The predicted molar refractivity (Wildman–Crippen MR) is 83.1 cm³/mol. The zero-order valence-electron chi connectivity index (χ0n) is 12.5. The molecule has 0 saturated carbocycles. The molecule has 0 fully saturated rings. The van der Waals surface area contributed by atoms with E-state index in [1.165, 1.54) is 0 Å². The Morgan fingerprint density at radius 3 is 2.70 bits per heavy atom. The van der Waals surface area contributed by atoms with Gasteiger partial charge in [0.1, 0.15) is 6.04 Å². The molecule has 0 aromatic heterocycles. The third kappa shape index (κ3) is 3.11. The van der Waals surface area contributed by atoms with Crippen molar-refractivity contribution in [3.05, 3.63) is 23.8 Å². The SMILES string of the molecule is CCN(CCCN(C)C)c1ccc2c(c1)NC(=O)C2N. The van der Waals surface area contributed by atoms with E-state index in [4.69, 9.17) is 5.73 Å². The number of fused-ring (bicyclic) bond motifs is 1. The summed E-state index contributed by atoms with van der Waals surface area (Å²) in [6, 6.07) is 5.52. The van der Waals surface area contributed by atoms with E-state index in [0.29, 0.717) is 0 Å². The van der Waals surface area contributed by atoms with Crippen LogP contribution in [0, 0.1) is 0 Å². The quantitative estimate of drug-likeness (QED) is 0.825. The molecule has 20 heavy (non-hydrogen) atoms. The number of rotatable bonds is 6. The Morgan fingerprint density at radius 1 is 1.30 bits per heavy atom. The highest BCUT2D eigenvalue weighted by molar-refractivity contribution is 6.02. The summed E-state index contributed by atoms with van der Waals surface area (Å²) in [5, 5.41) is 2.84. The van der Waals surface area contributed by atoms with Gasteiger partial charge < -0.3 is 20.9 Å². The normalized spacial score (nSPS) is 17.2. The average molecular weight is 276 g/mol. The van der Waals surface area contributed by atoms with E-state index in [1.807, 2.05) is 12.1 Å². The van der Waals surface area contributed by atoms with Crippen LogP contribution in [0.2, 0.25) is 0 Å². The maximum absolute atomic E-state index is 11.6. The number of benzene rings is 1. The summed E-state index contributed by atoms with van der Waals surface area (Å²) in [4.78, 5) is 16.1. The largest absolute Gasteiger partial charge is 0.372 e. The minimum atomic E-state index is -0.525. The smallest absolute Gasteiger partial charge is 0.245 e. The molecule has 5 nitrogen and oxygen atoms in total. The molecular weight excluding hydrogens is 252 g/mol. The van der Waals surface area contributed by atoms with Crippen LogP contribution in [0.5, 0.6) is 0 Å². The van der Waals surface area contributed by atoms with Crippen molar-refractivity contribution < 1.29 is 4.79 Å². The highest BCUT2D eigenvalue weighted by atomic mass is 16.2. The van der Waals surface area contributed by atoms with E-state index < -0.39 is 6.04 Å². The summed E-state index contributed by atoms with van der Waals surface area (Å²) in [7, 11) is 4.17. The number of hydrogen-bond acceptors (Lipinski definition) is 4. The van der Waals surface area contributed by atoms with Gasteiger partial charge >= 0.3 is 0 Å². The highest BCUT2D eigenvalue weighted by Crippen LogP contribution is 2.32. The van der Waals surface area contributed by atoms with Crippen LogP contribution in [0.25, 0.3) is 0 Å². The fourth-order valence-electron chi connectivity index (χ4n) is 2.52. The van der Waals surface area contributed by atoms with Crippen LogP contribution >= 0.6 is 0 Å². The van der Waals surface area contributed by atoms with Crippen LogP contribution < -0.4 is 16.0 Å². The van der Waals surface area contributed by atoms with Gasteiger partial charge in [-0.15, -0.1) is 0 Å². The molecule has 0 radical (unpaired) electrons. The Kier molecular flexibility index (Phi) is 4.62. The van der Waals surface area contributed by atoms with Crippen molar-refractivity contribution in [1.82, 2.24) is 4.90 Å². The number of hydrogen-bond donors (Lipinski definition) is 2. The molecule has 1 amide bonds. The number of carbonyl (C=O) groups is 1. The first-order valence-corrected chi connectivity index (χ1v) is 7.13. The molecule has 0 saturated heterocycles. The minimum Gasteiger partial charge on any atom is -0.372 e. The van der Waals surface area contributed by atoms with Gasteiger partial charge in [0.15, 0.2) is 0 Å². The van der Waals surface area contributed by atoms with Crippen LogP contribution in [0.3, 0.4) is 0 Å². The van der Waals surface area contributed by atoms with Crippen molar-refractivity contribution >= 4 is 17.3 Å². The monoisotopic (exact) mass is 276 g/mol. The number of nitrogens with two attached hydrogens (primary N) is 1. The molecule has 5 heteroatoms. The van der Waals surface area contributed by atoms with Crippen LogP contribution in [-0.2, 0) is 4.79 Å². The van der Waals surface area contributed by atoms with Crippen LogP contribution in [0.1, 0.15) is 24.9 Å². The number of nitrogens with one attached hydrogen (secondary N) is 1. The van der Waals surface area contributed by atoms with Crippen molar-refractivity contribution in [3.8, 4) is 0 Å². The molecule has 1 aliphatic rings. The maximum Gasteiger partial charge on any atom is 0.245 e. The molecule has 1 unspecified atom stereocenters. The van der Waals surface area contributed by atoms with Gasteiger partial charge in [0.25, 0.3) is 0 Å². The Morgan fingerprint density at radius 2 is 2.05 bits per heavy atom. The molecule has 1 aromatic rings. The van der Waals surface area contributed by atoms with Crippen molar-refractivity contribution in [2.45, 2.75) is 19.4 Å². The van der Waals surface area contributed by atoms with Crippen LogP contribution in [0.15, 0.2) is 18.2 Å². The van der Waals surface area contributed by atoms with E-state index in [9.17, 15) is 4.79 Å². The molecule has 1 aliphatic heterocycles. The Balaban J connectivity index is 2.08. The lowest BCUT2D eigenvalue weighted by molar-refractivity contribution is -0.116.